The van der Waals surface area contributed by atoms with Crippen LogP contribution in [0.4, 0.5) is 10.7 Å². The largest absolute Gasteiger partial charge is 0.465 e. The van der Waals surface area contributed by atoms with Crippen molar-refractivity contribution in [2.75, 3.05) is 25.5 Å². The third-order valence-corrected chi connectivity index (χ3v) is 5.16. The molecule has 0 radical (unpaired) electrons. The molecule has 0 saturated heterocycles. The van der Waals surface area contributed by atoms with Crippen LogP contribution in [0.25, 0.3) is 11.3 Å². The standard InChI is InChI=1S/C22H26N8O3/c1-15(2)17-14-25-30-19(17)26-21(33-12-11-28(3)22(31)32)27-20(30)23-13-16-7-4-5-8-18(16)29-10-6-9-24-29/h4-10,14-15H,11-13H2,1-3H3,(H,31,32)(H,23,26,27). The van der Waals surface area contributed by atoms with Gasteiger partial charge in [-0.15, -0.1) is 0 Å². The fourth-order valence-electron chi connectivity index (χ4n) is 3.30. The molecular formula is C22H26N8O3. The van der Waals surface area contributed by atoms with Gasteiger partial charge in [-0.25, -0.2) is 9.48 Å². The summed E-state index contributed by atoms with van der Waals surface area (Å²) in [5, 5.41) is 21.2. The Bertz CT molecular complexity index is 1240. The average Bonchev–Trinajstić information content (AvgIpc) is 3.48. The number of carboxylic acid groups (broad SMARTS) is 1. The number of para-hydroxylation sites is 1. The smallest absolute Gasteiger partial charge is 0.407 e. The molecule has 0 unspecified atom stereocenters. The van der Waals surface area contributed by atoms with Gasteiger partial charge in [-0.3, -0.25) is 0 Å². The summed E-state index contributed by atoms with van der Waals surface area (Å²) in [7, 11) is 1.48. The summed E-state index contributed by atoms with van der Waals surface area (Å²) >= 11 is 0. The highest BCUT2D eigenvalue weighted by Crippen LogP contribution is 2.23. The minimum atomic E-state index is -1.02. The number of nitrogens with one attached hydrogen (secondary N) is 1. The zero-order chi connectivity index (χ0) is 23.4. The van der Waals surface area contributed by atoms with E-state index in [9.17, 15) is 4.79 Å². The lowest BCUT2D eigenvalue weighted by Crippen LogP contribution is -2.29. The van der Waals surface area contributed by atoms with Gasteiger partial charge in [0.05, 0.1) is 18.4 Å². The van der Waals surface area contributed by atoms with Crippen LogP contribution in [0, 0.1) is 0 Å². The van der Waals surface area contributed by atoms with E-state index in [4.69, 9.17) is 9.84 Å². The highest BCUT2D eigenvalue weighted by atomic mass is 16.5. The van der Waals surface area contributed by atoms with E-state index in [0.29, 0.717) is 18.1 Å². The fraction of sp³-hybridized carbons (Fsp3) is 0.318. The van der Waals surface area contributed by atoms with Gasteiger partial charge in [-0.2, -0.15) is 24.7 Å². The zero-order valence-corrected chi connectivity index (χ0v) is 18.7. The lowest BCUT2D eigenvalue weighted by atomic mass is 10.1. The van der Waals surface area contributed by atoms with E-state index in [1.165, 1.54) is 7.05 Å². The molecule has 4 aromatic rings. The van der Waals surface area contributed by atoms with Crippen LogP contribution in [0.15, 0.2) is 48.9 Å². The van der Waals surface area contributed by atoms with E-state index in [1.807, 2.05) is 41.2 Å². The third kappa shape index (κ3) is 4.86. The monoisotopic (exact) mass is 450 g/mol. The van der Waals surface area contributed by atoms with Crippen LogP contribution < -0.4 is 10.1 Å². The first-order valence-corrected chi connectivity index (χ1v) is 10.6. The summed E-state index contributed by atoms with van der Waals surface area (Å²) in [6.07, 6.45) is 4.39. The molecule has 0 aliphatic carbocycles. The fourth-order valence-corrected chi connectivity index (χ4v) is 3.30. The Kier molecular flexibility index (Phi) is 6.38. The highest BCUT2D eigenvalue weighted by Gasteiger charge is 2.17. The van der Waals surface area contributed by atoms with Crippen molar-refractivity contribution in [2.45, 2.75) is 26.3 Å². The minimum absolute atomic E-state index is 0.131. The number of hydrogen-bond donors (Lipinski definition) is 2. The van der Waals surface area contributed by atoms with Gasteiger partial charge in [-0.1, -0.05) is 32.0 Å². The molecule has 4 rings (SSSR count). The maximum atomic E-state index is 11.0. The number of fused-ring (bicyclic) bond motifs is 1. The van der Waals surface area contributed by atoms with Crippen molar-refractivity contribution in [2.24, 2.45) is 0 Å². The van der Waals surface area contributed by atoms with Gasteiger partial charge in [0.2, 0.25) is 5.95 Å². The van der Waals surface area contributed by atoms with Crippen molar-refractivity contribution in [1.82, 2.24) is 34.3 Å². The van der Waals surface area contributed by atoms with Crippen LogP contribution in [-0.4, -0.2) is 65.7 Å². The van der Waals surface area contributed by atoms with Crippen LogP contribution in [0.1, 0.15) is 30.9 Å². The molecule has 2 N–H and O–H groups in total. The molecule has 172 valence electrons. The molecule has 11 heteroatoms. The third-order valence-electron chi connectivity index (χ3n) is 5.16. The molecule has 0 atom stereocenters. The quantitative estimate of drug-likeness (QED) is 0.399. The van der Waals surface area contributed by atoms with Crippen LogP contribution in [-0.2, 0) is 6.54 Å². The molecule has 0 spiro atoms. The van der Waals surface area contributed by atoms with E-state index in [1.54, 1.807) is 16.9 Å². The number of likely N-dealkylation sites (N-methyl/N-ethyl adjacent to an activating group) is 1. The Hall–Kier alpha value is -4.15. The number of carbonyl (C=O) groups is 1. The normalized spacial score (nSPS) is 11.2. The summed E-state index contributed by atoms with van der Waals surface area (Å²) in [4.78, 5) is 21.2. The number of hydrogen-bond acceptors (Lipinski definition) is 7. The molecule has 3 aromatic heterocycles. The lowest BCUT2D eigenvalue weighted by molar-refractivity contribution is 0.145. The molecule has 0 fully saturated rings. The van der Waals surface area contributed by atoms with E-state index in [2.05, 4.69) is 39.3 Å². The first kappa shape index (κ1) is 22.1. The maximum absolute atomic E-state index is 11.0. The van der Waals surface area contributed by atoms with Crippen LogP contribution in [0.3, 0.4) is 0 Å². The Labute approximate surface area is 190 Å². The van der Waals surface area contributed by atoms with Crippen molar-refractivity contribution in [3.8, 4) is 11.7 Å². The summed E-state index contributed by atoms with van der Waals surface area (Å²) in [5.74, 6) is 0.681. The topological polar surface area (TPSA) is 123 Å². The molecule has 0 bridgehead atoms. The van der Waals surface area contributed by atoms with Gasteiger partial charge in [0.1, 0.15) is 6.61 Å². The van der Waals surface area contributed by atoms with Crippen molar-refractivity contribution in [3.05, 3.63) is 60.0 Å². The molecule has 1 amide bonds. The van der Waals surface area contributed by atoms with Crippen molar-refractivity contribution < 1.29 is 14.6 Å². The van der Waals surface area contributed by atoms with E-state index in [-0.39, 0.29) is 25.1 Å². The van der Waals surface area contributed by atoms with Crippen molar-refractivity contribution in [1.29, 1.82) is 0 Å². The Morgan fingerprint density at radius 2 is 2.03 bits per heavy atom. The van der Waals surface area contributed by atoms with Crippen LogP contribution in [0.5, 0.6) is 6.01 Å². The Morgan fingerprint density at radius 1 is 1.21 bits per heavy atom. The number of rotatable bonds is 9. The van der Waals surface area contributed by atoms with Crippen molar-refractivity contribution in [3.63, 3.8) is 0 Å². The van der Waals surface area contributed by atoms with Gasteiger partial charge in [0, 0.05) is 31.5 Å². The van der Waals surface area contributed by atoms with Crippen LogP contribution >= 0.6 is 0 Å². The van der Waals surface area contributed by atoms with Gasteiger partial charge < -0.3 is 20.1 Å². The summed E-state index contributed by atoms with van der Waals surface area (Å²) < 4.78 is 9.16. The first-order valence-electron chi connectivity index (χ1n) is 10.6. The first-order chi connectivity index (χ1) is 15.9. The second-order valence-corrected chi connectivity index (χ2v) is 7.81. The van der Waals surface area contributed by atoms with E-state index < -0.39 is 6.09 Å². The van der Waals surface area contributed by atoms with Gasteiger partial charge in [-0.05, 0) is 23.6 Å². The number of amides is 1. The SMILES string of the molecule is CC(C)c1cnn2c(NCc3ccccc3-n3cccn3)nc(OCCN(C)C(=O)O)nc12. The summed E-state index contributed by atoms with van der Waals surface area (Å²) in [5.41, 5.74) is 3.58. The molecule has 0 saturated carbocycles. The number of aromatic nitrogens is 6. The summed E-state index contributed by atoms with van der Waals surface area (Å²) in [6, 6.07) is 9.98. The maximum Gasteiger partial charge on any atom is 0.407 e. The molecule has 11 nitrogen and oxygen atoms in total. The van der Waals surface area contributed by atoms with E-state index in [0.717, 1.165) is 21.7 Å². The molecule has 0 aliphatic heterocycles. The zero-order valence-electron chi connectivity index (χ0n) is 18.7. The Morgan fingerprint density at radius 3 is 2.76 bits per heavy atom. The van der Waals surface area contributed by atoms with Gasteiger partial charge in [0.25, 0.3) is 0 Å². The van der Waals surface area contributed by atoms with Crippen LogP contribution in [0.2, 0.25) is 0 Å². The van der Waals surface area contributed by atoms with Gasteiger partial charge in [0.15, 0.2) is 5.65 Å². The molecule has 0 aliphatic rings. The molecule has 3 heterocycles. The Balaban J connectivity index is 1.61. The average molecular weight is 451 g/mol. The lowest BCUT2D eigenvalue weighted by Gasteiger charge is -2.15. The minimum Gasteiger partial charge on any atom is -0.465 e. The van der Waals surface area contributed by atoms with E-state index >= 15 is 0 Å². The summed E-state index contributed by atoms with van der Waals surface area (Å²) in [6.45, 7) is 4.93. The van der Waals surface area contributed by atoms with Gasteiger partial charge >= 0.3 is 12.1 Å². The molecule has 33 heavy (non-hydrogen) atoms. The molecule has 1 aromatic carbocycles. The number of anilines is 1. The number of nitrogens with zero attached hydrogens (tertiary/aromatic N) is 7. The second-order valence-electron chi connectivity index (χ2n) is 7.81. The highest BCUT2D eigenvalue weighted by molar-refractivity contribution is 5.64. The second kappa shape index (κ2) is 9.55. The predicted octanol–water partition coefficient (Wildman–Crippen LogP) is 3.03. The molecular weight excluding hydrogens is 424 g/mol. The number of ether oxygens (including phenoxy) is 1. The van der Waals surface area contributed by atoms with Crippen molar-refractivity contribution >= 4 is 17.7 Å². The predicted molar refractivity (Wildman–Crippen MR) is 122 cm³/mol. The number of benzene rings is 1.